The van der Waals surface area contributed by atoms with Crippen LogP contribution in [0.5, 0.6) is 0 Å². The van der Waals surface area contributed by atoms with E-state index in [2.05, 4.69) is 71.6 Å². The van der Waals surface area contributed by atoms with Crippen molar-refractivity contribution in [1.82, 2.24) is 15.0 Å². The average molecular weight is 662 g/mol. The molecule has 2 heterocycles. The lowest BCUT2D eigenvalue weighted by Gasteiger charge is -2.18. The second-order valence-corrected chi connectivity index (χ2v) is 12.6. The zero-order chi connectivity index (χ0) is 35.0. The second kappa shape index (κ2) is 12.8. The van der Waals surface area contributed by atoms with Crippen molar-refractivity contribution in [1.29, 1.82) is 5.26 Å². The molecule has 52 heavy (non-hydrogen) atoms. The summed E-state index contributed by atoms with van der Waals surface area (Å²) in [6.45, 7) is 7.52. The average Bonchev–Trinajstić information content (AvgIpc) is 3.23. The zero-order valence-electron chi connectivity index (χ0n) is 27.8. The maximum absolute atomic E-state index is 9.57. The summed E-state index contributed by atoms with van der Waals surface area (Å²) >= 11 is 0. The van der Waals surface area contributed by atoms with Gasteiger partial charge < -0.3 is 0 Å². The molecule has 7 aromatic carbocycles. The first-order valence-electron chi connectivity index (χ1n) is 17.0. The van der Waals surface area contributed by atoms with E-state index in [0.29, 0.717) is 11.3 Å². The minimum atomic E-state index is 0.437. The number of nitrogens with zero attached hydrogens (tertiary/aromatic N) is 5. The maximum Gasteiger partial charge on any atom is 0.189 e. The molecule has 5 nitrogen and oxygen atoms in total. The highest BCUT2D eigenvalue weighted by Crippen LogP contribution is 2.43. The molecule has 0 spiro atoms. The fourth-order valence-electron chi connectivity index (χ4n) is 7.01. The first kappa shape index (κ1) is 30.6. The lowest BCUT2D eigenvalue weighted by atomic mass is 9.92. The van der Waals surface area contributed by atoms with Gasteiger partial charge in [0.1, 0.15) is 0 Å². The van der Waals surface area contributed by atoms with Gasteiger partial charge in [0, 0.05) is 44.0 Å². The minimum absolute atomic E-state index is 0.437. The van der Waals surface area contributed by atoms with Gasteiger partial charge in [-0.2, -0.15) is 5.26 Å². The predicted molar refractivity (Wildman–Crippen MR) is 211 cm³/mol. The van der Waals surface area contributed by atoms with Gasteiger partial charge in [-0.1, -0.05) is 133 Å². The van der Waals surface area contributed by atoms with Gasteiger partial charge in [0.15, 0.2) is 5.69 Å². The molecule has 9 aromatic rings. The van der Waals surface area contributed by atoms with Crippen molar-refractivity contribution in [3.8, 4) is 62.1 Å². The lowest BCUT2D eigenvalue weighted by Crippen LogP contribution is -2.00. The van der Waals surface area contributed by atoms with Crippen molar-refractivity contribution in [3.05, 3.63) is 181 Å². The van der Waals surface area contributed by atoms with Crippen LogP contribution in [0.15, 0.2) is 164 Å². The lowest BCUT2D eigenvalue weighted by molar-refractivity contribution is 1.30. The van der Waals surface area contributed by atoms with Crippen molar-refractivity contribution in [3.63, 3.8) is 0 Å². The Labute approximate surface area is 300 Å². The molecular formula is C47H27N5. The first-order valence-corrected chi connectivity index (χ1v) is 17.0. The molecule has 0 N–H and O–H groups in total. The van der Waals surface area contributed by atoms with Gasteiger partial charge in [0.25, 0.3) is 0 Å². The number of hydrogen-bond donors (Lipinski definition) is 0. The summed E-state index contributed by atoms with van der Waals surface area (Å²) < 4.78 is 0. The van der Waals surface area contributed by atoms with Gasteiger partial charge in [0.2, 0.25) is 0 Å². The molecule has 0 fully saturated rings. The topological polar surface area (TPSA) is 66.8 Å². The fraction of sp³-hybridized carbons (Fsp3) is 0. The maximum atomic E-state index is 9.57. The number of hydrogen-bond acceptors (Lipinski definition) is 4. The molecule has 0 aliphatic heterocycles. The van der Waals surface area contributed by atoms with E-state index in [1.54, 1.807) is 6.07 Å². The second-order valence-electron chi connectivity index (χ2n) is 12.6. The first-order chi connectivity index (χ1) is 25.7. The standard InChI is InChI=1S/C47H27N5/c1-49-37-26-30(29-48)25-36(27-37)31-21-23-35(24-22-31)43-40-28-39(32-13-5-2-6-14-32)46-47(42(40)38-19-11-12-20-41(38)50-43)52-45(34-17-9-4-10-18-34)44(51-46)33-15-7-3-8-16-33/h2-28H. The van der Waals surface area contributed by atoms with Crippen molar-refractivity contribution in [2.45, 2.75) is 0 Å². The predicted octanol–water partition coefficient (Wildman–Crippen LogP) is 12.1. The third-order valence-electron chi connectivity index (χ3n) is 9.45. The van der Waals surface area contributed by atoms with Gasteiger partial charge in [-0.15, -0.1) is 0 Å². The molecule has 0 atom stereocenters. The molecule has 0 saturated carbocycles. The third-order valence-corrected chi connectivity index (χ3v) is 9.45. The molecule has 0 aliphatic carbocycles. The Morgan fingerprint density at radius 1 is 0.462 bits per heavy atom. The molecule has 0 saturated heterocycles. The van der Waals surface area contributed by atoms with Gasteiger partial charge in [-0.25, -0.2) is 19.8 Å². The van der Waals surface area contributed by atoms with Crippen LogP contribution < -0.4 is 0 Å². The van der Waals surface area contributed by atoms with E-state index < -0.39 is 0 Å². The van der Waals surface area contributed by atoms with Crippen LogP contribution in [0, 0.1) is 17.9 Å². The SMILES string of the molecule is [C-]#[N+]c1cc(C#N)cc(-c2ccc(-c3nc4ccccc4c4c3cc(-c3ccccc3)c3nc(-c5ccccc5)c(-c5ccccc5)nc34)cc2)c1. The summed E-state index contributed by atoms with van der Waals surface area (Å²) in [5.41, 5.74) is 12.6. The molecule has 2 aromatic heterocycles. The van der Waals surface area contributed by atoms with Crippen LogP contribution in [0.2, 0.25) is 0 Å². The summed E-state index contributed by atoms with van der Waals surface area (Å²) in [6, 6.07) is 57.0. The Kier molecular flexibility index (Phi) is 7.51. The molecular weight excluding hydrogens is 635 g/mol. The van der Waals surface area contributed by atoms with E-state index in [-0.39, 0.29) is 0 Å². The Hall–Kier alpha value is -7.47. The van der Waals surface area contributed by atoms with E-state index in [9.17, 15) is 5.26 Å². The van der Waals surface area contributed by atoms with Gasteiger partial charge in [0.05, 0.1) is 46.3 Å². The van der Waals surface area contributed by atoms with Gasteiger partial charge >= 0.3 is 0 Å². The van der Waals surface area contributed by atoms with E-state index >= 15 is 0 Å². The largest absolute Gasteiger partial charge is 0.247 e. The van der Waals surface area contributed by atoms with Crippen LogP contribution in [0.3, 0.4) is 0 Å². The summed E-state index contributed by atoms with van der Waals surface area (Å²) in [7, 11) is 0. The van der Waals surface area contributed by atoms with Crippen LogP contribution in [-0.2, 0) is 0 Å². The molecule has 5 heteroatoms. The zero-order valence-corrected chi connectivity index (χ0v) is 27.8. The van der Waals surface area contributed by atoms with Crippen molar-refractivity contribution in [2.24, 2.45) is 0 Å². The normalized spacial score (nSPS) is 11.0. The van der Waals surface area contributed by atoms with E-state index in [4.69, 9.17) is 21.5 Å². The summed E-state index contributed by atoms with van der Waals surface area (Å²) in [5.74, 6) is 0. The number of benzene rings is 7. The Morgan fingerprint density at radius 3 is 1.65 bits per heavy atom. The number of fused-ring (bicyclic) bond motifs is 5. The molecule has 0 radical (unpaired) electrons. The Morgan fingerprint density at radius 2 is 1.02 bits per heavy atom. The fourth-order valence-corrected chi connectivity index (χ4v) is 7.01. The Bertz CT molecular complexity index is 2860. The van der Waals surface area contributed by atoms with Gasteiger partial charge in [-0.05, 0) is 47.0 Å². The van der Waals surface area contributed by atoms with Crippen LogP contribution in [0.4, 0.5) is 5.69 Å². The molecule has 240 valence electrons. The van der Waals surface area contributed by atoms with Crippen LogP contribution in [0.25, 0.3) is 93.6 Å². The molecule has 0 unspecified atom stereocenters. The summed E-state index contributed by atoms with van der Waals surface area (Å²) in [6.07, 6.45) is 0. The summed E-state index contributed by atoms with van der Waals surface area (Å²) in [4.78, 5) is 19.9. The molecule has 9 rings (SSSR count). The Balaban J connectivity index is 1.37. The number of pyridine rings is 1. The van der Waals surface area contributed by atoms with Crippen LogP contribution >= 0.6 is 0 Å². The van der Waals surface area contributed by atoms with Gasteiger partial charge in [-0.3, -0.25) is 0 Å². The van der Waals surface area contributed by atoms with Crippen LogP contribution in [0.1, 0.15) is 5.56 Å². The monoisotopic (exact) mass is 661 g/mol. The van der Waals surface area contributed by atoms with Crippen molar-refractivity contribution in [2.75, 3.05) is 0 Å². The quantitative estimate of drug-likeness (QED) is 0.136. The minimum Gasteiger partial charge on any atom is -0.247 e. The number of nitriles is 1. The number of aromatic nitrogens is 3. The number of rotatable bonds is 5. The third kappa shape index (κ3) is 5.31. The highest BCUT2D eigenvalue weighted by Gasteiger charge is 2.22. The van der Waals surface area contributed by atoms with Crippen molar-refractivity contribution < 1.29 is 0 Å². The van der Waals surface area contributed by atoms with E-state index in [1.807, 2.05) is 97.1 Å². The number of para-hydroxylation sites is 1. The van der Waals surface area contributed by atoms with Crippen LogP contribution in [-0.4, -0.2) is 15.0 Å². The summed E-state index contributed by atoms with van der Waals surface area (Å²) in [5, 5.41) is 12.5. The van der Waals surface area contributed by atoms with E-state index in [1.165, 1.54) is 0 Å². The molecule has 0 amide bonds. The highest BCUT2D eigenvalue weighted by molar-refractivity contribution is 6.24. The van der Waals surface area contributed by atoms with Crippen molar-refractivity contribution >= 4 is 38.4 Å². The van der Waals surface area contributed by atoms with E-state index in [0.717, 1.165) is 88.7 Å². The molecule has 0 aliphatic rings. The highest BCUT2D eigenvalue weighted by atomic mass is 14.8. The molecule has 0 bridgehead atoms. The smallest absolute Gasteiger partial charge is 0.189 e.